The fourth-order valence-electron chi connectivity index (χ4n) is 2.93. The Bertz CT molecular complexity index is 688. The first-order valence-electron chi connectivity index (χ1n) is 7.89. The van der Waals surface area contributed by atoms with Gasteiger partial charge in [0, 0.05) is 12.2 Å². The predicted octanol–water partition coefficient (Wildman–Crippen LogP) is 3.34. The molecule has 2 aromatic rings. The number of nitrogens with one attached hydrogen (secondary N) is 1. The second kappa shape index (κ2) is 7.01. The molecule has 0 atom stereocenters. The summed E-state index contributed by atoms with van der Waals surface area (Å²) >= 11 is 0. The highest BCUT2D eigenvalue weighted by Gasteiger charge is 2.23. The van der Waals surface area contributed by atoms with Crippen LogP contribution >= 0.6 is 0 Å². The van der Waals surface area contributed by atoms with Crippen LogP contribution in [0, 0.1) is 11.3 Å². The first-order chi connectivity index (χ1) is 11.3. The van der Waals surface area contributed by atoms with Gasteiger partial charge in [-0.1, -0.05) is 12.1 Å². The zero-order chi connectivity index (χ0) is 16.1. The standard InChI is InChI=1S/C18H20N4O/c19-12-15-16(20)4-3-5-17(15)23-14-9-7-13(8-10-14)22-18-6-1-2-11-21-18/h1-6,11,13-14H,7-10,20H2,(H,21,22). The molecule has 118 valence electrons. The van der Waals surface area contributed by atoms with Gasteiger partial charge in [0.05, 0.1) is 11.8 Å². The minimum atomic E-state index is 0.130. The number of nitrogens with two attached hydrogens (primary N) is 1. The van der Waals surface area contributed by atoms with Crippen molar-refractivity contribution in [3.8, 4) is 11.8 Å². The maximum absolute atomic E-state index is 9.21. The molecule has 0 amide bonds. The van der Waals surface area contributed by atoms with Crippen LogP contribution in [0.5, 0.6) is 5.75 Å². The monoisotopic (exact) mass is 308 g/mol. The molecule has 1 aliphatic carbocycles. The number of nitrogens with zero attached hydrogens (tertiary/aromatic N) is 2. The molecule has 1 aliphatic rings. The zero-order valence-corrected chi connectivity index (χ0v) is 12.9. The average molecular weight is 308 g/mol. The van der Waals surface area contributed by atoms with E-state index in [1.54, 1.807) is 12.3 Å². The van der Waals surface area contributed by atoms with Gasteiger partial charge in [0.2, 0.25) is 0 Å². The molecule has 5 nitrogen and oxygen atoms in total. The summed E-state index contributed by atoms with van der Waals surface area (Å²) in [5.41, 5.74) is 6.73. The van der Waals surface area contributed by atoms with Crippen molar-refractivity contribution in [1.29, 1.82) is 5.26 Å². The molecule has 1 fully saturated rings. The Labute approximate surface area is 136 Å². The van der Waals surface area contributed by atoms with Crippen LogP contribution in [0.3, 0.4) is 0 Å². The smallest absolute Gasteiger partial charge is 0.139 e. The highest BCUT2D eigenvalue weighted by molar-refractivity contribution is 5.60. The van der Waals surface area contributed by atoms with Gasteiger partial charge >= 0.3 is 0 Å². The average Bonchev–Trinajstić information content (AvgIpc) is 2.58. The lowest BCUT2D eigenvalue weighted by Gasteiger charge is -2.30. The summed E-state index contributed by atoms with van der Waals surface area (Å²) in [5, 5.41) is 12.7. The van der Waals surface area contributed by atoms with Crippen LogP contribution in [-0.2, 0) is 0 Å². The van der Waals surface area contributed by atoms with E-state index in [1.165, 1.54) is 0 Å². The summed E-state index contributed by atoms with van der Waals surface area (Å²) in [5.74, 6) is 1.51. The Balaban J connectivity index is 1.56. The highest BCUT2D eigenvalue weighted by atomic mass is 16.5. The van der Waals surface area contributed by atoms with Crippen LogP contribution in [0.15, 0.2) is 42.6 Å². The zero-order valence-electron chi connectivity index (χ0n) is 12.9. The summed E-state index contributed by atoms with van der Waals surface area (Å²) in [6.45, 7) is 0. The topological polar surface area (TPSA) is 84.0 Å². The highest BCUT2D eigenvalue weighted by Crippen LogP contribution is 2.29. The van der Waals surface area contributed by atoms with Gasteiger partial charge in [0.15, 0.2) is 0 Å². The van der Waals surface area contributed by atoms with E-state index in [9.17, 15) is 5.26 Å². The van der Waals surface area contributed by atoms with E-state index in [4.69, 9.17) is 10.5 Å². The lowest BCUT2D eigenvalue weighted by Crippen LogP contribution is -2.31. The molecule has 0 radical (unpaired) electrons. The summed E-state index contributed by atoms with van der Waals surface area (Å²) in [6.07, 6.45) is 5.86. The van der Waals surface area contributed by atoms with Crippen molar-refractivity contribution in [2.24, 2.45) is 0 Å². The van der Waals surface area contributed by atoms with Crippen molar-refractivity contribution in [2.45, 2.75) is 37.8 Å². The number of anilines is 2. The summed E-state index contributed by atoms with van der Waals surface area (Å²) in [7, 11) is 0. The number of hydrogen-bond donors (Lipinski definition) is 2. The van der Waals surface area contributed by atoms with Crippen molar-refractivity contribution < 1.29 is 4.74 Å². The molecule has 5 heteroatoms. The van der Waals surface area contributed by atoms with Gasteiger partial charge in [-0.25, -0.2) is 4.98 Å². The Morgan fingerprint density at radius 3 is 2.65 bits per heavy atom. The molecule has 3 N–H and O–H groups in total. The predicted molar refractivity (Wildman–Crippen MR) is 90.1 cm³/mol. The fourth-order valence-corrected chi connectivity index (χ4v) is 2.93. The quantitative estimate of drug-likeness (QED) is 0.846. The number of pyridine rings is 1. The van der Waals surface area contributed by atoms with Crippen molar-refractivity contribution in [3.63, 3.8) is 0 Å². The molecule has 1 aromatic heterocycles. The van der Waals surface area contributed by atoms with E-state index >= 15 is 0 Å². The minimum absolute atomic E-state index is 0.130. The van der Waals surface area contributed by atoms with Crippen LogP contribution in [-0.4, -0.2) is 17.1 Å². The van der Waals surface area contributed by atoms with Crippen molar-refractivity contribution in [2.75, 3.05) is 11.1 Å². The maximum Gasteiger partial charge on any atom is 0.139 e. The number of rotatable bonds is 4. The van der Waals surface area contributed by atoms with Crippen molar-refractivity contribution in [3.05, 3.63) is 48.2 Å². The molecule has 0 bridgehead atoms. The van der Waals surface area contributed by atoms with E-state index in [-0.39, 0.29) is 6.10 Å². The van der Waals surface area contributed by atoms with Gasteiger partial charge < -0.3 is 15.8 Å². The molecule has 3 rings (SSSR count). The van der Waals surface area contributed by atoms with Crippen LogP contribution in [0.25, 0.3) is 0 Å². The molecular weight excluding hydrogens is 288 g/mol. The van der Waals surface area contributed by atoms with Gasteiger partial charge in [0.1, 0.15) is 23.2 Å². The fraction of sp³-hybridized carbons (Fsp3) is 0.333. The molecule has 23 heavy (non-hydrogen) atoms. The van der Waals surface area contributed by atoms with Crippen LogP contribution < -0.4 is 15.8 Å². The number of ether oxygens (including phenoxy) is 1. The van der Waals surface area contributed by atoms with Gasteiger partial charge in [-0.2, -0.15) is 5.26 Å². The molecule has 0 aliphatic heterocycles. The Morgan fingerprint density at radius 1 is 1.13 bits per heavy atom. The van der Waals surface area contributed by atoms with E-state index in [1.807, 2.05) is 30.3 Å². The van der Waals surface area contributed by atoms with E-state index in [2.05, 4.69) is 16.4 Å². The molecule has 0 saturated heterocycles. The second-order valence-corrected chi connectivity index (χ2v) is 5.78. The number of nitrogen functional groups attached to an aromatic ring is 1. The molecule has 1 aromatic carbocycles. The third kappa shape index (κ3) is 3.72. The summed E-state index contributed by atoms with van der Waals surface area (Å²) in [6, 6.07) is 13.8. The normalized spacial score (nSPS) is 20.5. The van der Waals surface area contributed by atoms with Gasteiger partial charge in [-0.15, -0.1) is 0 Å². The molecule has 1 heterocycles. The van der Waals surface area contributed by atoms with E-state index in [0.29, 0.717) is 23.0 Å². The first kappa shape index (κ1) is 15.2. The summed E-state index contributed by atoms with van der Waals surface area (Å²) < 4.78 is 6.01. The van der Waals surface area contributed by atoms with Crippen LogP contribution in [0.4, 0.5) is 11.5 Å². The van der Waals surface area contributed by atoms with E-state index < -0.39 is 0 Å². The number of nitriles is 1. The number of hydrogen-bond acceptors (Lipinski definition) is 5. The number of benzene rings is 1. The van der Waals surface area contributed by atoms with E-state index in [0.717, 1.165) is 31.5 Å². The minimum Gasteiger partial charge on any atom is -0.489 e. The summed E-state index contributed by atoms with van der Waals surface area (Å²) in [4.78, 5) is 4.30. The molecule has 1 saturated carbocycles. The Kier molecular flexibility index (Phi) is 4.62. The van der Waals surface area contributed by atoms with Gasteiger partial charge in [-0.3, -0.25) is 0 Å². The molecular formula is C18H20N4O. The largest absolute Gasteiger partial charge is 0.489 e. The van der Waals surface area contributed by atoms with Crippen molar-refractivity contribution in [1.82, 2.24) is 4.98 Å². The maximum atomic E-state index is 9.21. The number of aromatic nitrogens is 1. The van der Waals surface area contributed by atoms with Crippen LogP contribution in [0.2, 0.25) is 0 Å². The lowest BCUT2D eigenvalue weighted by atomic mass is 9.93. The lowest BCUT2D eigenvalue weighted by molar-refractivity contribution is 0.150. The Morgan fingerprint density at radius 2 is 1.96 bits per heavy atom. The molecule has 0 unspecified atom stereocenters. The van der Waals surface area contributed by atoms with Crippen LogP contribution in [0.1, 0.15) is 31.2 Å². The third-order valence-corrected chi connectivity index (χ3v) is 4.16. The Hall–Kier alpha value is -2.74. The van der Waals surface area contributed by atoms with Gasteiger partial charge in [0.25, 0.3) is 0 Å². The molecule has 0 spiro atoms. The second-order valence-electron chi connectivity index (χ2n) is 5.78. The SMILES string of the molecule is N#Cc1c(N)cccc1OC1CCC(Nc2ccccn2)CC1. The third-order valence-electron chi connectivity index (χ3n) is 4.16. The first-order valence-corrected chi connectivity index (χ1v) is 7.89. The van der Waals surface area contributed by atoms with Crippen molar-refractivity contribution >= 4 is 11.5 Å². The van der Waals surface area contributed by atoms with Gasteiger partial charge in [-0.05, 0) is 49.9 Å².